The van der Waals surface area contributed by atoms with Crippen LogP contribution < -0.4 is 16.7 Å². The molecule has 1 heterocycles. The van der Waals surface area contributed by atoms with Crippen LogP contribution in [0.15, 0.2) is 65.3 Å². The van der Waals surface area contributed by atoms with Crippen LogP contribution in [0.4, 0.5) is 14.9 Å². The fourth-order valence-electron chi connectivity index (χ4n) is 1.48. The number of hydrogen-bond acceptors (Lipinski definition) is 5. The molecule has 22 heavy (non-hydrogen) atoms. The lowest BCUT2D eigenvalue weighted by Gasteiger charge is -2.20. The van der Waals surface area contributed by atoms with Crippen molar-refractivity contribution in [3.05, 3.63) is 66.2 Å². The maximum atomic E-state index is 12.8. The molecule has 0 spiro atoms. The molecule has 2 amide bonds. The molecule has 0 unspecified atom stereocenters. The van der Waals surface area contributed by atoms with Gasteiger partial charge >= 0.3 is 6.03 Å². The molecule has 0 aliphatic rings. The fraction of sp³-hybridized carbons (Fsp3) is 0. The summed E-state index contributed by atoms with van der Waals surface area (Å²) in [5.41, 5.74) is 0.419. The molecule has 1 aromatic carbocycles. The maximum Gasteiger partial charge on any atom is 0.357 e. The molecule has 2 aromatic rings. The molecular weight excluding hydrogens is 305 g/mol. The van der Waals surface area contributed by atoms with Gasteiger partial charge in [-0.25, -0.2) is 30.9 Å². The monoisotopic (exact) mass is 319 g/mol. The highest BCUT2D eigenvalue weighted by Gasteiger charge is 2.15. The van der Waals surface area contributed by atoms with E-state index < -0.39 is 6.03 Å². The Hall–Kier alpha value is -2.42. The average Bonchev–Trinajstić information content (AvgIpc) is 2.56. The van der Waals surface area contributed by atoms with Crippen LogP contribution in [0.25, 0.3) is 0 Å². The van der Waals surface area contributed by atoms with E-state index in [4.69, 9.17) is 11.7 Å². The van der Waals surface area contributed by atoms with E-state index in [1.807, 2.05) is 0 Å². The zero-order chi connectivity index (χ0) is 15.9. The normalized spacial score (nSPS) is 10.7. The number of thioether (sulfide) groups is 1. The number of hydrogen-bond donors (Lipinski definition) is 2. The number of carbonyl (C=O) groups is 1. The Morgan fingerprint density at radius 3 is 2.59 bits per heavy atom. The summed E-state index contributed by atoms with van der Waals surface area (Å²) >= 11 is 1.29. The number of nitrogens with zero attached hydrogens (tertiary/aromatic N) is 3. The van der Waals surface area contributed by atoms with E-state index in [0.29, 0.717) is 5.69 Å². The third kappa shape index (κ3) is 4.29. The SMILES string of the molecule is NN(/C=C/Sc1ccc(F)cc1)C(=O)N(N)c1cccnc1. The first-order valence-electron chi connectivity index (χ1n) is 6.19. The van der Waals surface area contributed by atoms with Crippen LogP contribution in [-0.2, 0) is 0 Å². The van der Waals surface area contributed by atoms with Crippen LogP contribution in [0, 0.1) is 5.82 Å². The Bertz CT molecular complexity index is 650. The number of hydrazine groups is 2. The lowest BCUT2D eigenvalue weighted by molar-refractivity contribution is 0.222. The van der Waals surface area contributed by atoms with Crippen molar-refractivity contribution in [3.63, 3.8) is 0 Å². The van der Waals surface area contributed by atoms with Crippen LogP contribution in [0.1, 0.15) is 0 Å². The van der Waals surface area contributed by atoms with Gasteiger partial charge in [-0.1, -0.05) is 11.8 Å². The summed E-state index contributed by atoms with van der Waals surface area (Å²) in [6.45, 7) is 0. The number of halogens is 1. The van der Waals surface area contributed by atoms with E-state index in [1.165, 1.54) is 36.3 Å². The minimum Gasteiger partial charge on any atom is -0.262 e. The van der Waals surface area contributed by atoms with Gasteiger partial charge in [-0.2, -0.15) is 0 Å². The highest BCUT2D eigenvalue weighted by Crippen LogP contribution is 2.19. The van der Waals surface area contributed by atoms with Crippen molar-refractivity contribution in [2.45, 2.75) is 4.90 Å². The molecule has 1 aromatic heterocycles. The van der Waals surface area contributed by atoms with Crippen LogP contribution in [0.2, 0.25) is 0 Å². The lowest BCUT2D eigenvalue weighted by Crippen LogP contribution is -2.48. The summed E-state index contributed by atoms with van der Waals surface area (Å²) in [5.74, 6) is 11.0. The first kappa shape index (κ1) is 16.0. The number of aromatic nitrogens is 1. The highest BCUT2D eigenvalue weighted by molar-refractivity contribution is 8.02. The van der Waals surface area contributed by atoms with Gasteiger partial charge in [0.2, 0.25) is 0 Å². The van der Waals surface area contributed by atoms with E-state index in [-0.39, 0.29) is 5.82 Å². The summed E-state index contributed by atoms with van der Waals surface area (Å²) < 4.78 is 12.8. The standard InChI is InChI=1S/C14H14FN5OS/c15-11-3-5-13(6-4-11)22-9-8-19(16)14(21)20(17)12-2-1-7-18-10-12/h1-10H,16-17H2/b9-8+. The number of amides is 2. The number of rotatable bonds is 4. The van der Waals surface area contributed by atoms with E-state index in [0.717, 1.165) is 14.9 Å². The second kappa shape index (κ2) is 7.55. The van der Waals surface area contributed by atoms with Crippen molar-refractivity contribution in [1.29, 1.82) is 0 Å². The van der Waals surface area contributed by atoms with E-state index in [2.05, 4.69) is 4.98 Å². The second-order valence-corrected chi connectivity index (χ2v) is 5.11. The van der Waals surface area contributed by atoms with E-state index in [1.54, 1.807) is 35.9 Å². The summed E-state index contributed by atoms with van der Waals surface area (Å²) in [6.07, 6.45) is 4.39. The number of urea groups is 1. The summed E-state index contributed by atoms with van der Waals surface area (Å²) in [6, 6.07) is 8.62. The zero-order valence-corrected chi connectivity index (χ0v) is 12.3. The van der Waals surface area contributed by atoms with Gasteiger partial charge in [-0.3, -0.25) is 4.98 Å². The molecule has 0 fully saturated rings. The van der Waals surface area contributed by atoms with Gasteiger partial charge in [-0.15, -0.1) is 0 Å². The number of pyridine rings is 1. The van der Waals surface area contributed by atoms with Gasteiger partial charge in [0.25, 0.3) is 0 Å². The molecule has 0 saturated heterocycles. The minimum absolute atomic E-state index is 0.306. The van der Waals surface area contributed by atoms with Crippen molar-refractivity contribution >= 4 is 23.5 Å². The molecule has 0 aliphatic heterocycles. The third-order valence-corrected chi connectivity index (χ3v) is 3.39. The second-order valence-electron chi connectivity index (χ2n) is 4.13. The molecule has 114 valence electrons. The van der Waals surface area contributed by atoms with Gasteiger partial charge in [0, 0.05) is 17.3 Å². The van der Waals surface area contributed by atoms with Crippen LogP contribution in [0.5, 0.6) is 0 Å². The lowest BCUT2D eigenvalue weighted by atomic mass is 10.4. The molecule has 0 aliphatic carbocycles. The Morgan fingerprint density at radius 2 is 1.95 bits per heavy atom. The average molecular weight is 319 g/mol. The first-order valence-corrected chi connectivity index (χ1v) is 7.07. The number of benzene rings is 1. The predicted molar refractivity (Wildman–Crippen MR) is 83.7 cm³/mol. The summed E-state index contributed by atoms with van der Waals surface area (Å²) in [7, 11) is 0. The smallest absolute Gasteiger partial charge is 0.262 e. The molecular formula is C14H14FN5OS. The topological polar surface area (TPSA) is 88.5 Å². The largest absolute Gasteiger partial charge is 0.357 e. The summed E-state index contributed by atoms with van der Waals surface area (Å²) in [4.78, 5) is 16.7. The molecule has 0 radical (unpaired) electrons. The minimum atomic E-state index is -0.621. The highest BCUT2D eigenvalue weighted by atomic mass is 32.2. The summed E-state index contributed by atoms with van der Waals surface area (Å²) in [5, 5.41) is 3.34. The van der Waals surface area contributed by atoms with E-state index >= 15 is 0 Å². The molecule has 6 nitrogen and oxygen atoms in total. The van der Waals surface area contributed by atoms with Crippen LogP contribution in [0.3, 0.4) is 0 Å². The molecule has 0 atom stereocenters. The zero-order valence-electron chi connectivity index (χ0n) is 11.5. The Balaban J connectivity index is 1.93. The third-order valence-electron chi connectivity index (χ3n) is 2.59. The Kier molecular flexibility index (Phi) is 5.48. The van der Waals surface area contributed by atoms with Crippen molar-refractivity contribution in [3.8, 4) is 0 Å². The quantitative estimate of drug-likeness (QED) is 0.391. The number of nitrogens with two attached hydrogens (primary N) is 2. The fourth-order valence-corrected chi connectivity index (χ4v) is 2.12. The number of carbonyl (C=O) groups excluding carboxylic acids is 1. The van der Waals surface area contributed by atoms with Crippen molar-refractivity contribution < 1.29 is 9.18 Å². The van der Waals surface area contributed by atoms with Gasteiger partial charge in [0.15, 0.2) is 0 Å². The Morgan fingerprint density at radius 1 is 1.23 bits per heavy atom. The predicted octanol–water partition coefficient (Wildman–Crippen LogP) is 2.46. The van der Waals surface area contributed by atoms with Crippen LogP contribution in [-0.4, -0.2) is 16.0 Å². The van der Waals surface area contributed by atoms with Gasteiger partial charge in [0.05, 0.1) is 11.9 Å². The molecule has 2 rings (SSSR count). The molecule has 4 N–H and O–H groups in total. The van der Waals surface area contributed by atoms with E-state index in [9.17, 15) is 9.18 Å². The molecule has 0 saturated carbocycles. The number of anilines is 1. The van der Waals surface area contributed by atoms with Gasteiger partial charge in [0.1, 0.15) is 5.82 Å². The van der Waals surface area contributed by atoms with Crippen LogP contribution >= 0.6 is 11.8 Å². The molecule has 8 heteroatoms. The van der Waals surface area contributed by atoms with Crippen molar-refractivity contribution in [2.24, 2.45) is 11.7 Å². The van der Waals surface area contributed by atoms with Crippen molar-refractivity contribution in [2.75, 3.05) is 5.01 Å². The maximum absolute atomic E-state index is 12.8. The van der Waals surface area contributed by atoms with Gasteiger partial charge < -0.3 is 0 Å². The first-order chi connectivity index (χ1) is 10.6. The van der Waals surface area contributed by atoms with Gasteiger partial charge in [-0.05, 0) is 41.8 Å². The Labute approximate surface area is 131 Å². The molecule has 0 bridgehead atoms. The van der Waals surface area contributed by atoms with Crippen molar-refractivity contribution in [1.82, 2.24) is 9.99 Å².